The fourth-order valence-corrected chi connectivity index (χ4v) is 2.19. The van der Waals surface area contributed by atoms with Crippen LogP contribution < -0.4 is 0 Å². The standard InChI is InChI=1S/C6H2BrIN2OS/c7-4-1-3(2-12-4)5-9-6(8)10-11-5/h1-2H. The van der Waals surface area contributed by atoms with Crippen molar-refractivity contribution in [3.05, 3.63) is 19.1 Å². The van der Waals surface area contributed by atoms with Gasteiger partial charge in [-0.25, -0.2) is 0 Å². The maximum atomic E-state index is 4.98. The van der Waals surface area contributed by atoms with Gasteiger partial charge in [0.25, 0.3) is 5.89 Å². The lowest BCUT2D eigenvalue weighted by molar-refractivity contribution is 0.426. The van der Waals surface area contributed by atoms with Crippen molar-refractivity contribution >= 4 is 49.9 Å². The maximum absolute atomic E-state index is 4.98. The van der Waals surface area contributed by atoms with Crippen molar-refractivity contribution in [3.8, 4) is 11.5 Å². The number of halogens is 2. The van der Waals surface area contributed by atoms with Gasteiger partial charge in [-0.15, -0.1) is 11.3 Å². The molecule has 12 heavy (non-hydrogen) atoms. The zero-order valence-electron chi connectivity index (χ0n) is 5.62. The van der Waals surface area contributed by atoms with E-state index in [1.165, 1.54) is 0 Å². The topological polar surface area (TPSA) is 38.9 Å². The predicted octanol–water partition coefficient (Wildman–Crippen LogP) is 3.17. The van der Waals surface area contributed by atoms with E-state index in [1.54, 1.807) is 11.3 Å². The van der Waals surface area contributed by atoms with Crippen molar-refractivity contribution in [1.29, 1.82) is 0 Å². The normalized spacial score (nSPS) is 10.5. The first-order valence-corrected chi connectivity index (χ1v) is 5.74. The highest BCUT2D eigenvalue weighted by atomic mass is 127. The van der Waals surface area contributed by atoms with E-state index in [2.05, 4.69) is 26.1 Å². The van der Waals surface area contributed by atoms with Gasteiger partial charge >= 0.3 is 0 Å². The maximum Gasteiger partial charge on any atom is 0.259 e. The van der Waals surface area contributed by atoms with Gasteiger partial charge < -0.3 is 4.52 Å². The highest BCUT2D eigenvalue weighted by Crippen LogP contribution is 2.27. The van der Waals surface area contributed by atoms with Crippen LogP contribution in [-0.2, 0) is 0 Å². The quantitative estimate of drug-likeness (QED) is 0.737. The van der Waals surface area contributed by atoms with E-state index in [1.807, 2.05) is 34.0 Å². The largest absolute Gasteiger partial charge is 0.333 e. The predicted molar refractivity (Wildman–Crippen MR) is 58.0 cm³/mol. The van der Waals surface area contributed by atoms with E-state index in [0.717, 1.165) is 9.35 Å². The second kappa shape index (κ2) is 3.43. The lowest BCUT2D eigenvalue weighted by Crippen LogP contribution is -1.72. The Morgan fingerprint density at radius 1 is 1.58 bits per heavy atom. The number of aromatic nitrogens is 2. The first-order chi connectivity index (χ1) is 5.75. The molecule has 62 valence electrons. The fourth-order valence-electron chi connectivity index (χ4n) is 0.745. The van der Waals surface area contributed by atoms with Gasteiger partial charge in [-0.2, -0.15) is 4.98 Å². The molecule has 0 bridgehead atoms. The van der Waals surface area contributed by atoms with Crippen LogP contribution in [0.1, 0.15) is 0 Å². The van der Waals surface area contributed by atoms with Gasteiger partial charge in [0, 0.05) is 28.0 Å². The van der Waals surface area contributed by atoms with Gasteiger partial charge in [-0.05, 0) is 22.0 Å². The molecule has 2 heterocycles. The first kappa shape index (κ1) is 8.64. The Morgan fingerprint density at radius 3 is 2.92 bits per heavy atom. The van der Waals surface area contributed by atoms with Crippen molar-refractivity contribution in [2.24, 2.45) is 0 Å². The zero-order valence-corrected chi connectivity index (χ0v) is 10.2. The zero-order chi connectivity index (χ0) is 8.55. The van der Waals surface area contributed by atoms with Crippen LogP contribution in [-0.4, -0.2) is 10.1 Å². The molecule has 0 unspecified atom stereocenters. The van der Waals surface area contributed by atoms with Crippen molar-refractivity contribution in [2.75, 3.05) is 0 Å². The minimum atomic E-state index is 0.571. The molecule has 2 aromatic heterocycles. The van der Waals surface area contributed by atoms with E-state index in [0.29, 0.717) is 9.72 Å². The number of hydrogen-bond acceptors (Lipinski definition) is 4. The summed E-state index contributed by atoms with van der Waals surface area (Å²) < 4.78 is 6.67. The molecule has 0 saturated heterocycles. The summed E-state index contributed by atoms with van der Waals surface area (Å²) >= 11 is 6.97. The van der Waals surface area contributed by atoms with Gasteiger partial charge in [0.05, 0.1) is 9.35 Å². The molecule has 0 aliphatic carbocycles. The summed E-state index contributed by atoms with van der Waals surface area (Å²) in [6.07, 6.45) is 0. The van der Waals surface area contributed by atoms with E-state index in [9.17, 15) is 0 Å². The molecule has 0 saturated carbocycles. The average molecular weight is 357 g/mol. The molecule has 0 N–H and O–H groups in total. The summed E-state index contributed by atoms with van der Waals surface area (Å²) in [7, 11) is 0. The molecule has 0 aromatic carbocycles. The molecule has 0 aliphatic heterocycles. The van der Waals surface area contributed by atoms with E-state index in [4.69, 9.17) is 4.52 Å². The van der Waals surface area contributed by atoms with E-state index < -0.39 is 0 Å². The van der Waals surface area contributed by atoms with Crippen LogP contribution in [0.4, 0.5) is 0 Å². The molecule has 2 rings (SSSR count). The molecule has 0 radical (unpaired) electrons. The van der Waals surface area contributed by atoms with Crippen LogP contribution in [0, 0.1) is 3.83 Å². The van der Waals surface area contributed by atoms with Crippen molar-refractivity contribution in [2.45, 2.75) is 0 Å². The molecule has 0 spiro atoms. The van der Waals surface area contributed by atoms with Crippen LogP contribution in [0.2, 0.25) is 0 Å². The summed E-state index contributed by atoms with van der Waals surface area (Å²) in [5.41, 5.74) is 0.960. The number of nitrogens with zero attached hydrogens (tertiary/aromatic N) is 2. The lowest BCUT2D eigenvalue weighted by Gasteiger charge is -1.81. The Bertz CT molecular complexity index is 361. The van der Waals surface area contributed by atoms with Crippen molar-refractivity contribution in [1.82, 2.24) is 10.1 Å². The third-order valence-electron chi connectivity index (χ3n) is 1.22. The van der Waals surface area contributed by atoms with Crippen LogP contribution in [0.25, 0.3) is 11.5 Å². The Hall–Kier alpha value is 0.0500. The molecular weight excluding hydrogens is 355 g/mol. The number of rotatable bonds is 1. The van der Waals surface area contributed by atoms with E-state index in [-0.39, 0.29) is 0 Å². The SMILES string of the molecule is Brc1cc(-c2nc(I)no2)cs1. The Labute approximate surface area is 94.4 Å². The lowest BCUT2D eigenvalue weighted by atomic mass is 10.3. The van der Waals surface area contributed by atoms with Gasteiger partial charge in [0.2, 0.25) is 3.83 Å². The first-order valence-electron chi connectivity index (χ1n) is 2.99. The van der Waals surface area contributed by atoms with Gasteiger partial charge in [-0.1, -0.05) is 5.16 Å². The van der Waals surface area contributed by atoms with Crippen molar-refractivity contribution in [3.63, 3.8) is 0 Å². The van der Waals surface area contributed by atoms with Crippen LogP contribution in [0.3, 0.4) is 0 Å². The Morgan fingerprint density at radius 2 is 2.42 bits per heavy atom. The molecule has 0 fully saturated rings. The third kappa shape index (κ3) is 1.69. The minimum absolute atomic E-state index is 0.571. The van der Waals surface area contributed by atoms with Crippen LogP contribution >= 0.6 is 49.9 Å². The molecular formula is C6H2BrIN2OS. The molecule has 0 aliphatic rings. The Kier molecular flexibility index (Phi) is 2.47. The Balaban J connectivity index is 2.43. The molecule has 0 atom stereocenters. The molecule has 6 heteroatoms. The second-order valence-corrected chi connectivity index (χ2v) is 5.26. The third-order valence-corrected chi connectivity index (χ3v) is 3.16. The van der Waals surface area contributed by atoms with E-state index >= 15 is 0 Å². The monoisotopic (exact) mass is 356 g/mol. The molecule has 0 amide bonds. The van der Waals surface area contributed by atoms with Crippen LogP contribution in [0.15, 0.2) is 19.8 Å². The minimum Gasteiger partial charge on any atom is -0.333 e. The summed E-state index contributed by atoms with van der Waals surface area (Å²) in [5.74, 6) is 0.571. The van der Waals surface area contributed by atoms with Gasteiger partial charge in [-0.3, -0.25) is 0 Å². The number of hydrogen-bond donors (Lipinski definition) is 0. The van der Waals surface area contributed by atoms with Crippen molar-refractivity contribution < 1.29 is 4.52 Å². The van der Waals surface area contributed by atoms with Crippen LogP contribution in [0.5, 0.6) is 0 Å². The summed E-state index contributed by atoms with van der Waals surface area (Å²) in [4.78, 5) is 4.09. The summed E-state index contributed by atoms with van der Waals surface area (Å²) in [6, 6.07) is 1.95. The second-order valence-electron chi connectivity index (χ2n) is 2.01. The fraction of sp³-hybridized carbons (Fsp3) is 0. The smallest absolute Gasteiger partial charge is 0.259 e. The van der Waals surface area contributed by atoms with Gasteiger partial charge in [0.1, 0.15) is 0 Å². The summed E-state index contributed by atoms with van der Waals surface area (Å²) in [5, 5.41) is 5.66. The average Bonchev–Trinajstić information content (AvgIpc) is 2.58. The summed E-state index contributed by atoms with van der Waals surface area (Å²) in [6.45, 7) is 0. The molecule has 3 nitrogen and oxygen atoms in total. The van der Waals surface area contributed by atoms with Gasteiger partial charge in [0.15, 0.2) is 0 Å². The number of thiophene rings is 1. The molecule has 2 aromatic rings. The highest BCUT2D eigenvalue weighted by Gasteiger charge is 2.07. The highest BCUT2D eigenvalue weighted by molar-refractivity contribution is 14.1.